The molecule has 2 atom stereocenters. The van der Waals surface area contributed by atoms with Crippen molar-refractivity contribution >= 4 is 17.2 Å². The van der Waals surface area contributed by atoms with Crippen molar-refractivity contribution in [1.29, 1.82) is 0 Å². The summed E-state index contributed by atoms with van der Waals surface area (Å²) in [6.07, 6.45) is 2.57. The number of halogens is 1. The predicted octanol–water partition coefficient (Wildman–Crippen LogP) is 2.07. The van der Waals surface area contributed by atoms with Crippen LogP contribution in [-0.4, -0.2) is 23.1 Å². The monoisotopic (exact) mass is 228 g/mol. The van der Waals surface area contributed by atoms with Gasteiger partial charge in [0, 0.05) is 6.04 Å². The van der Waals surface area contributed by atoms with Crippen LogP contribution in [0.2, 0.25) is 0 Å². The van der Waals surface area contributed by atoms with Crippen molar-refractivity contribution in [3.63, 3.8) is 0 Å². The Labute approximate surface area is 91.7 Å². The smallest absolute Gasteiger partial charge is 0.263 e. The maximum Gasteiger partial charge on any atom is 0.263 e. The Morgan fingerprint density at radius 1 is 1.67 bits per heavy atom. The number of nitrogens with zero attached hydrogens (tertiary/aromatic N) is 1. The molecule has 1 aromatic rings. The fourth-order valence-electron chi connectivity index (χ4n) is 1.78. The number of nitrogens with one attached hydrogen (secondary N) is 1. The van der Waals surface area contributed by atoms with Crippen LogP contribution in [0.5, 0.6) is 0 Å². The van der Waals surface area contributed by atoms with Gasteiger partial charge in [0.1, 0.15) is 11.0 Å². The largest absolute Gasteiger partial charge is 0.348 e. The first-order chi connectivity index (χ1) is 7.15. The number of carbonyl (C=O) groups is 1. The zero-order valence-corrected chi connectivity index (χ0v) is 9.31. The Morgan fingerprint density at radius 3 is 3.00 bits per heavy atom. The van der Waals surface area contributed by atoms with Crippen molar-refractivity contribution < 1.29 is 9.18 Å². The number of aromatic nitrogens is 1. The first-order valence-corrected chi connectivity index (χ1v) is 5.84. The van der Waals surface area contributed by atoms with E-state index >= 15 is 0 Å². The second-order valence-corrected chi connectivity index (χ2v) is 5.06. The van der Waals surface area contributed by atoms with Gasteiger partial charge in [-0.1, -0.05) is 0 Å². The molecule has 1 N–H and O–H groups in total. The van der Waals surface area contributed by atoms with Crippen LogP contribution in [0, 0.1) is 6.92 Å². The van der Waals surface area contributed by atoms with E-state index in [-0.39, 0.29) is 11.9 Å². The molecule has 2 rings (SSSR count). The summed E-state index contributed by atoms with van der Waals surface area (Å²) in [6.45, 7) is 1.86. The highest BCUT2D eigenvalue weighted by atomic mass is 32.1. The number of hydrogen-bond donors (Lipinski definition) is 1. The molecule has 0 saturated heterocycles. The number of thiazole rings is 1. The lowest BCUT2D eigenvalue weighted by Crippen LogP contribution is -2.32. The number of hydrogen-bond acceptors (Lipinski definition) is 3. The minimum Gasteiger partial charge on any atom is -0.348 e. The lowest BCUT2D eigenvalue weighted by atomic mass is 10.2. The molecule has 1 saturated carbocycles. The van der Waals surface area contributed by atoms with Crippen molar-refractivity contribution in [2.45, 2.75) is 38.4 Å². The molecule has 1 heterocycles. The molecule has 0 radical (unpaired) electrons. The van der Waals surface area contributed by atoms with Gasteiger partial charge in [0.25, 0.3) is 5.91 Å². The first-order valence-electron chi connectivity index (χ1n) is 5.02. The second kappa shape index (κ2) is 4.26. The van der Waals surface area contributed by atoms with Crippen LogP contribution in [0.25, 0.3) is 0 Å². The standard InChI is InChI=1S/C10H13FN2OS/c1-6-12-5-9(15-6)10(14)13-8-3-2-7(11)4-8/h5,7-8H,2-4H2,1H3,(H,13,14). The molecule has 2 unspecified atom stereocenters. The van der Waals surface area contributed by atoms with E-state index in [1.54, 1.807) is 6.20 Å². The summed E-state index contributed by atoms with van der Waals surface area (Å²) in [5.74, 6) is -0.125. The molecule has 0 aliphatic heterocycles. The van der Waals surface area contributed by atoms with E-state index in [1.165, 1.54) is 11.3 Å². The summed E-state index contributed by atoms with van der Waals surface area (Å²) in [6, 6.07) is -0.00472. The highest BCUT2D eigenvalue weighted by Crippen LogP contribution is 2.22. The third-order valence-corrected chi connectivity index (χ3v) is 3.46. The van der Waals surface area contributed by atoms with Gasteiger partial charge in [-0.3, -0.25) is 4.79 Å². The van der Waals surface area contributed by atoms with Crippen molar-refractivity contribution in [3.8, 4) is 0 Å². The lowest BCUT2D eigenvalue weighted by molar-refractivity contribution is 0.0940. The van der Waals surface area contributed by atoms with Crippen molar-refractivity contribution in [1.82, 2.24) is 10.3 Å². The van der Waals surface area contributed by atoms with Crippen LogP contribution in [-0.2, 0) is 0 Å². The van der Waals surface area contributed by atoms with Gasteiger partial charge in [-0.2, -0.15) is 0 Å². The Balaban J connectivity index is 1.92. The highest BCUT2D eigenvalue weighted by Gasteiger charge is 2.26. The molecular weight excluding hydrogens is 215 g/mol. The Bertz CT molecular complexity index is 366. The number of aryl methyl sites for hydroxylation is 1. The van der Waals surface area contributed by atoms with Gasteiger partial charge < -0.3 is 5.32 Å². The van der Waals surface area contributed by atoms with Crippen LogP contribution in [0.4, 0.5) is 4.39 Å². The molecule has 1 fully saturated rings. The van der Waals surface area contributed by atoms with E-state index in [4.69, 9.17) is 0 Å². The molecule has 1 amide bonds. The van der Waals surface area contributed by atoms with Gasteiger partial charge in [-0.05, 0) is 26.2 Å². The number of amides is 1. The minimum atomic E-state index is -0.751. The second-order valence-electron chi connectivity index (χ2n) is 3.82. The molecule has 1 aliphatic carbocycles. The summed E-state index contributed by atoms with van der Waals surface area (Å²) < 4.78 is 12.9. The molecule has 3 nitrogen and oxygen atoms in total. The Hall–Kier alpha value is -0.970. The van der Waals surface area contributed by atoms with Crippen LogP contribution in [0.3, 0.4) is 0 Å². The predicted molar refractivity (Wildman–Crippen MR) is 56.9 cm³/mol. The van der Waals surface area contributed by atoms with E-state index < -0.39 is 6.17 Å². The van der Waals surface area contributed by atoms with Crippen LogP contribution in [0.15, 0.2) is 6.20 Å². The number of rotatable bonds is 2. The molecule has 0 bridgehead atoms. The molecule has 1 aliphatic rings. The van der Waals surface area contributed by atoms with E-state index in [2.05, 4.69) is 10.3 Å². The van der Waals surface area contributed by atoms with E-state index in [1.807, 2.05) is 6.92 Å². The first kappa shape index (κ1) is 10.5. The highest BCUT2D eigenvalue weighted by molar-refractivity contribution is 7.13. The molecular formula is C10H13FN2OS. The third-order valence-electron chi connectivity index (χ3n) is 2.55. The average molecular weight is 228 g/mol. The van der Waals surface area contributed by atoms with Crippen molar-refractivity contribution in [2.24, 2.45) is 0 Å². The van der Waals surface area contributed by atoms with Crippen molar-refractivity contribution in [3.05, 3.63) is 16.1 Å². The van der Waals surface area contributed by atoms with Gasteiger partial charge in [-0.25, -0.2) is 9.37 Å². The summed E-state index contributed by atoms with van der Waals surface area (Å²) in [5, 5.41) is 3.70. The SMILES string of the molecule is Cc1ncc(C(=O)NC2CCC(F)C2)s1. The van der Waals surface area contributed by atoms with Crippen LogP contribution >= 0.6 is 11.3 Å². The Kier molecular flexibility index (Phi) is 3.00. The number of carbonyl (C=O) groups excluding carboxylic acids is 1. The molecule has 0 spiro atoms. The van der Waals surface area contributed by atoms with E-state index in [0.29, 0.717) is 17.7 Å². The van der Waals surface area contributed by atoms with Gasteiger partial charge >= 0.3 is 0 Å². The molecule has 1 aromatic heterocycles. The van der Waals surface area contributed by atoms with E-state index in [0.717, 1.165) is 11.4 Å². The number of alkyl halides is 1. The topological polar surface area (TPSA) is 42.0 Å². The molecule has 82 valence electrons. The Morgan fingerprint density at radius 2 is 2.47 bits per heavy atom. The zero-order valence-electron chi connectivity index (χ0n) is 8.50. The van der Waals surface area contributed by atoms with Gasteiger partial charge in [0.05, 0.1) is 11.2 Å². The van der Waals surface area contributed by atoms with Crippen molar-refractivity contribution in [2.75, 3.05) is 0 Å². The molecule has 15 heavy (non-hydrogen) atoms. The quantitative estimate of drug-likeness (QED) is 0.842. The van der Waals surface area contributed by atoms with Gasteiger partial charge in [-0.15, -0.1) is 11.3 Å². The summed E-state index contributed by atoms with van der Waals surface area (Å²) in [7, 11) is 0. The fraction of sp³-hybridized carbons (Fsp3) is 0.600. The summed E-state index contributed by atoms with van der Waals surface area (Å²) in [4.78, 5) is 16.3. The maximum atomic E-state index is 12.9. The van der Waals surface area contributed by atoms with Gasteiger partial charge in [0.15, 0.2) is 0 Å². The average Bonchev–Trinajstić information content (AvgIpc) is 2.75. The summed E-state index contributed by atoms with van der Waals surface area (Å²) in [5.41, 5.74) is 0. The maximum absolute atomic E-state index is 12.9. The van der Waals surface area contributed by atoms with Crippen LogP contribution < -0.4 is 5.32 Å². The summed E-state index contributed by atoms with van der Waals surface area (Å²) >= 11 is 1.36. The fourth-order valence-corrected chi connectivity index (χ4v) is 2.46. The molecule has 5 heteroatoms. The lowest BCUT2D eigenvalue weighted by Gasteiger charge is -2.10. The normalized spacial score (nSPS) is 25.5. The third kappa shape index (κ3) is 2.53. The minimum absolute atomic E-state index is 0.00472. The van der Waals surface area contributed by atoms with Crippen LogP contribution in [0.1, 0.15) is 33.9 Å². The van der Waals surface area contributed by atoms with Gasteiger partial charge in [0.2, 0.25) is 0 Å². The zero-order chi connectivity index (χ0) is 10.8. The van der Waals surface area contributed by atoms with E-state index in [9.17, 15) is 9.18 Å². The molecule has 0 aromatic carbocycles.